The van der Waals surface area contributed by atoms with Gasteiger partial charge in [-0.2, -0.15) is 0 Å². The second-order valence-electron chi connectivity index (χ2n) is 6.92. The Morgan fingerprint density at radius 3 is 2.60 bits per heavy atom. The summed E-state index contributed by atoms with van der Waals surface area (Å²) in [5.41, 5.74) is 1.62. The lowest BCUT2D eigenvalue weighted by molar-refractivity contribution is 0.0370. The number of carbonyl (C=O) groups is 2. The van der Waals surface area contributed by atoms with Crippen LogP contribution in [0.2, 0.25) is 0 Å². The van der Waals surface area contributed by atoms with Crippen molar-refractivity contribution in [2.24, 2.45) is 0 Å². The number of urea groups is 1. The summed E-state index contributed by atoms with van der Waals surface area (Å²) in [7, 11) is 1.54. The summed E-state index contributed by atoms with van der Waals surface area (Å²) in [5.74, 6) is -0.149. The summed E-state index contributed by atoms with van der Waals surface area (Å²) < 4.78 is 18.5. The van der Waals surface area contributed by atoms with Crippen LogP contribution >= 0.6 is 0 Å². The first-order valence-corrected chi connectivity index (χ1v) is 9.62. The average Bonchev–Trinajstić information content (AvgIpc) is 3.27. The van der Waals surface area contributed by atoms with Crippen LogP contribution in [0.1, 0.15) is 22.5 Å². The maximum atomic E-state index is 13.1. The smallest absolute Gasteiger partial charge is 0.336 e. The van der Waals surface area contributed by atoms with Gasteiger partial charge in [0.2, 0.25) is 0 Å². The van der Waals surface area contributed by atoms with E-state index in [-0.39, 0.29) is 24.0 Å². The number of aromatic nitrogens is 1. The number of methoxy groups -OCH3 is 1. The Morgan fingerprint density at radius 1 is 1.10 bits per heavy atom. The summed E-state index contributed by atoms with van der Waals surface area (Å²) in [6.07, 6.45) is 0.667. The van der Waals surface area contributed by atoms with Crippen LogP contribution in [0.3, 0.4) is 0 Å². The average molecular weight is 408 g/mol. The molecule has 1 aromatic heterocycles. The lowest BCUT2D eigenvalue weighted by atomic mass is 10.1. The van der Waals surface area contributed by atoms with Crippen LogP contribution in [0, 0.1) is 5.82 Å². The van der Waals surface area contributed by atoms with Crippen LogP contribution in [-0.4, -0.2) is 47.1 Å². The molecule has 8 heteroatoms. The Labute approximate surface area is 173 Å². The highest BCUT2D eigenvalue weighted by atomic mass is 19.1. The van der Waals surface area contributed by atoms with Crippen molar-refractivity contribution in [1.82, 2.24) is 20.3 Å². The molecule has 4 rings (SSSR count). The van der Waals surface area contributed by atoms with Gasteiger partial charge in [0, 0.05) is 31.1 Å². The highest BCUT2D eigenvalue weighted by Crippen LogP contribution is 2.26. The van der Waals surface area contributed by atoms with Crippen LogP contribution in [-0.2, 0) is 6.54 Å². The molecule has 0 spiro atoms. The van der Waals surface area contributed by atoms with Crippen LogP contribution in [0.4, 0.5) is 9.18 Å². The third kappa shape index (κ3) is 3.89. The van der Waals surface area contributed by atoms with Gasteiger partial charge in [-0.1, -0.05) is 24.3 Å². The Kier molecular flexibility index (Phi) is 5.47. The fourth-order valence-corrected chi connectivity index (χ4v) is 3.46. The number of carbonyl (C=O) groups excluding carboxylic acids is 2. The molecule has 0 saturated carbocycles. The second kappa shape index (κ2) is 8.36. The topological polar surface area (TPSA) is 74.8 Å². The Hall–Kier alpha value is -3.68. The molecule has 3 amide bonds. The van der Waals surface area contributed by atoms with Gasteiger partial charge in [-0.25, -0.2) is 24.2 Å². The minimum atomic E-state index is -0.391. The van der Waals surface area contributed by atoms with Crippen molar-refractivity contribution in [3.8, 4) is 5.75 Å². The number of benzene rings is 2. The number of fused-ring (bicyclic) bond motifs is 1. The van der Waals surface area contributed by atoms with Gasteiger partial charge in [-0.05, 0) is 36.2 Å². The van der Waals surface area contributed by atoms with Gasteiger partial charge in [-0.3, -0.25) is 4.79 Å². The van der Waals surface area contributed by atoms with Crippen molar-refractivity contribution in [2.45, 2.75) is 13.0 Å². The number of rotatable bonds is 4. The number of halogens is 1. The third-order valence-corrected chi connectivity index (χ3v) is 4.97. The van der Waals surface area contributed by atoms with Gasteiger partial charge in [0.25, 0.3) is 5.91 Å². The van der Waals surface area contributed by atoms with E-state index in [1.165, 1.54) is 22.2 Å². The lowest BCUT2D eigenvalue weighted by Gasteiger charge is -2.28. The first-order chi connectivity index (χ1) is 14.6. The molecule has 2 heterocycles. The molecule has 0 bridgehead atoms. The van der Waals surface area contributed by atoms with Gasteiger partial charge in [0.15, 0.2) is 0 Å². The lowest BCUT2D eigenvalue weighted by Crippen LogP contribution is -2.49. The van der Waals surface area contributed by atoms with Gasteiger partial charge in [0.1, 0.15) is 17.3 Å². The number of nitrogens with one attached hydrogen (secondary N) is 1. The van der Waals surface area contributed by atoms with E-state index in [9.17, 15) is 14.0 Å². The fraction of sp³-hybridized carbons (Fsp3) is 0.227. The zero-order valence-electron chi connectivity index (χ0n) is 16.5. The molecule has 0 atom stereocenters. The predicted molar refractivity (Wildman–Crippen MR) is 109 cm³/mol. The molecular formula is C22H21FN4O3. The minimum Gasteiger partial charge on any atom is -0.496 e. The molecule has 1 aliphatic rings. The van der Waals surface area contributed by atoms with E-state index in [0.717, 1.165) is 10.9 Å². The molecule has 1 fully saturated rings. The SMILES string of the molecule is COc1cc(C(=O)N2CCCN2C(=O)NCc2ccc(F)cc2)nc2ccccc12. The zero-order valence-corrected chi connectivity index (χ0v) is 16.5. The third-order valence-electron chi connectivity index (χ3n) is 4.97. The van der Waals surface area contributed by atoms with E-state index in [1.54, 1.807) is 25.3 Å². The van der Waals surface area contributed by atoms with Gasteiger partial charge >= 0.3 is 6.03 Å². The monoisotopic (exact) mass is 408 g/mol. The first kappa shape index (κ1) is 19.6. The maximum absolute atomic E-state index is 13.1. The van der Waals surface area contributed by atoms with E-state index in [0.29, 0.717) is 30.8 Å². The van der Waals surface area contributed by atoms with Crippen molar-refractivity contribution in [3.63, 3.8) is 0 Å². The molecule has 30 heavy (non-hydrogen) atoms. The van der Waals surface area contributed by atoms with E-state index in [1.807, 2.05) is 24.3 Å². The number of nitrogens with zero attached hydrogens (tertiary/aromatic N) is 3. The largest absolute Gasteiger partial charge is 0.496 e. The molecule has 0 unspecified atom stereocenters. The normalized spacial score (nSPS) is 13.5. The molecule has 1 N–H and O–H groups in total. The van der Waals surface area contributed by atoms with Crippen molar-refractivity contribution >= 4 is 22.8 Å². The maximum Gasteiger partial charge on any atom is 0.336 e. The van der Waals surface area contributed by atoms with Gasteiger partial charge in [-0.15, -0.1) is 0 Å². The summed E-state index contributed by atoms with van der Waals surface area (Å²) in [5, 5.41) is 6.37. The van der Waals surface area contributed by atoms with Gasteiger partial charge in [0.05, 0.1) is 12.6 Å². The van der Waals surface area contributed by atoms with Crippen LogP contribution in [0.25, 0.3) is 10.9 Å². The fourth-order valence-electron chi connectivity index (χ4n) is 3.46. The molecular weight excluding hydrogens is 387 g/mol. The van der Waals surface area contributed by atoms with Crippen molar-refractivity contribution in [1.29, 1.82) is 0 Å². The Morgan fingerprint density at radius 2 is 1.83 bits per heavy atom. The first-order valence-electron chi connectivity index (χ1n) is 9.62. The molecule has 2 aromatic carbocycles. The molecule has 3 aromatic rings. The molecule has 154 valence electrons. The highest BCUT2D eigenvalue weighted by molar-refractivity contribution is 5.98. The highest BCUT2D eigenvalue weighted by Gasteiger charge is 2.32. The summed E-state index contributed by atoms with van der Waals surface area (Å²) >= 11 is 0. The van der Waals surface area contributed by atoms with E-state index < -0.39 is 6.03 Å². The van der Waals surface area contributed by atoms with Crippen LogP contribution in [0.5, 0.6) is 5.75 Å². The number of amides is 3. The minimum absolute atomic E-state index is 0.212. The number of hydrogen-bond acceptors (Lipinski definition) is 4. The molecule has 0 aliphatic carbocycles. The van der Waals surface area contributed by atoms with Crippen molar-refractivity contribution < 1.29 is 18.7 Å². The van der Waals surface area contributed by atoms with Crippen LogP contribution < -0.4 is 10.1 Å². The molecule has 7 nitrogen and oxygen atoms in total. The Balaban J connectivity index is 1.51. The zero-order chi connectivity index (χ0) is 21.1. The molecule has 0 radical (unpaired) electrons. The number of pyridine rings is 1. The summed E-state index contributed by atoms with van der Waals surface area (Å²) in [6, 6.07) is 14.5. The Bertz CT molecular complexity index is 1090. The summed E-state index contributed by atoms with van der Waals surface area (Å²) in [4.78, 5) is 30.3. The van der Waals surface area contributed by atoms with E-state index in [4.69, 9.17) is 4.74 Å². The van der Waals surface area contributed by atoms with E-state index in [2.05, 4.69) is 10.3 Å². The molecule has 1 saturated heterocycles. The standard InChI is InChI=1S/C22H21FN4O3/c1-30-20-13-19(25-18-6-3-2-5-17(18)20)21(28)26-11-4-12-27(26)22(29)24-14-15-7-9-16(23)10-8-15/h2-3,5-10,13H,4,11-12,14H2,1H3,(H,24,29). The number of hydrogen-bond donors (Lipinski definition) is 1. The van der Waals surface area contributed by atoms with Crippen LogP contribution in [0.15, 0.2) is 54.6 Å². The predicted octanol–water partition coefficient (Wildman–Crippen LogP) is 3.36. The number of hydrazine groups is 1. The van der Waals surface area contributed by atoms with Crippen molar-refractivity contribution in [2.75, 3.05) is 20.2 Å². The second-order valence-corrected chi connectivity index (χ2v) is 6.92. The van der Waals surface area contributed by atoms with Crippen molar-refractivity contribution in [3.05, 3.63) is 71.7 Å². The molecule has 1 aliphatic heterocycles. The summed E-state index contributed by atoms with van der Waals surface area (Å²) in [6.45, 7) is 1.07. The van der Waals surface area contributed by atoms with Gasteiger partial charge < -0.3 is 10.1 Å². The quantitative estimate of drug-likeness (QED) is 0.718. The number of para-hydroxylation sites is 1. The number of ether oxygens (including phenoxy) is 1. The van der Waals surface area contributed by atoms with E-state index >= 15 is 0 Å².